The molecule has 0 radical (unpaired) electrons. The Bertz CT molecular complexity index is 108. The summed E-state index contributed by atoms with van der Waals surface area (Å²) in [5, 5.41) is 0. The van der Waals surface area contributed by atoms with Crippen LogP contribution in [0.4, 0.5) is 4.39 Å². The topological polar surface area (TPSA) is 26.3 Å². The maximum atomic E-state index is 11.6. The van der Waals surface area contributed by atoms with Crippen molar-refractivity contribution < 1.29 is 13.9 Å². The average molecular weight is 132 g/mol. The Labute approximate surface area is 53.0 Å². The first-order valence-corrected chi connectivity index (χ1v) is 3.05. The van der Waals surface area contributed by atoms with Gasteiger partial charge in [0.2, 0.25) is 0 Å². The third-order valence-electron chi connectivity index (χ3n) is 1.42. The third-order valence-corrected chi connectivity index (χ3v) is 1.42. The van der Waals surface area contributed by atoms with Crippen LogP contribution in [-0.4, -0.2) is 25.2 Å². The number of hydrogen-bond donors (Lipinski definition) is 0. The molecule has 1 saturated heterocycles. The van der Waals surface area contributed by atoms with E-state index in [1.54, 1.807) is 0 Å². The SMILES string of the molecule is O=C(CF)[C@@H]1CCCO1. The van der Waals surface area contributed by atoms with Crippen molar-refractivity contribution in [2.75, 3.05) is 13.3 Å². The molecule has 0 aromatic carbocycles. The first-order valence-electron chi connectivity index (χ1n) is 3.05. The molecule has 1 heterocycles. The van der Waals surface area contributed by atoms with E-state index in [-0.39, 0.29) is 0 Å². The molecule has 1 fully saturated rings. The van der Waals surface area contributed by atoms with E-state index in [9.17, 15) is 9.18 Å². The second kappa shape index (κ2) is 2.92. The highest BCUT2D eigenvalue weighted by molar-refractivity contribution is 5.84. The van der Waals surface area contributed by atoms with Gasteiger partial charge < -0.3 is 4.74 Å². The van der Waals surface area contributed by atoms with Crippen LogP contribution in [0.5, 0.6) is 0 Å². The van der Waals surface area contributed by atoms with Crippen LogP contribution < -0.4 is 0 Å². The van der Waals surface area contributed by atoms with Crippen molar-refractivity contribution in [3.05, 3.63) is 0 Å². The molecule has 0 saturated carbocycles. The lowest BCUT2D eigenvalue weighted by atomic mass is 10.2. The molecule has 1 aliphatic rings. The van der Waals surface area contributed by atoms with Gasteiger partial charge in [0.25, 0.3) is 0 Å². The van der Waals surface area contributed by atoms with Crippen molar-refractivity contribution in [1.82, 2.24) is 0 Å². The number of hydrogen-bond acceptors (Lipinski definition) is 2. The molecule has 0 bridgehead atoms. The van der Waals surface area contributed by atoms with Crippen LogP contribution in [0.3, 0.4) is 0 Å². The fourth-order valence-corrected chi connectivity index (χ4v) is 0.918. The Morgan fingerprint density at radius 1 is 1.78 bits per heavy atom. The Morgan fingerprint density at radius 3 is 3.00 bits per heavy atom. The molecule has 0 aromatic heterocycles. The molecule has 1 aliphatic heterocycles. The minimum atomic E-state index is -0.884. The summed E-state index contributed by atoms with van der Waals surface area (Å²) < 4.78 is 16.5. The van der Waals surface area contributed by atoms with Crippen LogP contribution in [0, 0.1) is 0 Å². The lowest BCUT2D eigenvalue weighted by molar-refractivity contribution is -0.128. The average Bonchev–Trinajstić information content (AvgIpc) is 2.37. The molecule has 0 aromatic rings. The number of rotatable bonds is 2. The maximum Gasteiger partial charge on any atom is 0.192 e. The fourth-order valence-electron chi connectivity index (χ4n) is 0.918. The van der Waals surface area contributed by atoms with Crippen molar-refractivity contribution in [3.63, 3.8) is 0 Å². The van der Waals surface area contributed by atoms with E-state index < -0.39 is 18.6 Å². The van der Waals surface area contributed by atoms with Gasteiger partial charge in [-0.2, -0.15) is 0 Å². The van der Waals surface area contributed by atoms with E-state index in [4.69, 9.17) is 4.74 Å². The highest BCUT2D eigenvalue weighted by atomic mass is 19.1. The molecule has 0 N–H and O–H groups in total. The number of ketones is 1. The summed E-state index contributed by atoms with van der Waals surface area (Å²) in [6.07, 6.45) is 1.15. The second-order valence-corrected chi connectivity index (χ2v) is 2.10. The normalized spacial score (nSPS) is 26.6. The Balaban J connectivity index is 2.32. The van der Waals surface area contributed by atoms with Crippen LogP contribution >= 0.6 is 0 Å². The van der Waals surface area contributed by atoms with Crippen LogP contribution in [0.1, 0.15) is 12.8 Å². The monoisotopic (exact) mass is 132 g/mol. The second-order valence-electron chi connectivity index (χ2n) is 2.10. The van der Waals surface area contributed by atoms with E-state index in [2.05, 4.69) is 0 Å². The van der Waals surface area contributed by atoms with Crippen molar-refractivity contribution >= 4 is 5.78 Å². The summed E-state index contributed by atoms with van der Waals surface area (Å²) in [7, 11) is 0. The van der Waals surface area contributed by atoms with Gasteiger partial charge in [0.1, 0.15) is 6.10 Å². The van der Waals surface area contributed by atoms with Gasteiger partial charge in [-0.05, 0) is 12.8 Å². The first kappa shape index (κ1) is 6.68. The molecule has 3 heteroatoms. The summed E-state index contributed by atoms with van der Waals surface area (Å²) in [5.41, 5.74) is 0. The molecule has 52 valence electrons. The Hall–Kier alpha value is -0.440. The summed E-state index contributed by atoms with van der Waals surface area (Å²) in [4.78, 5) is 10.5. The molecule has 0 unspecified atom stereocenters. The van der Waals surface area contributed by atoms with E-state index in [0.29, 0.717) is 13.0 Å². The smallest absolute Gasteiger partial charge is 0.192 e. The zero-order valence-corrected chi connectivity index (χ0v) is 5.10. The number of ether oxygens (including phenoxy) is 1. The predicted octanol–water partition coefficient (Wildman–Crippen LogP) is 0.704. The number of halogens is 1. The van der Waals surface area contributed by atoms with Crippen LogP contribution in [0.15, 0.2) is 0 Å². The van der Waals surface area contributed by atoms with E-state index in [0.717, 1.165) is 6.42 Å². The van der Waals surface area contributed by atoms with Crippen LogP contribution in [-0.2, 0) is 9.53 Å². The summed E-state index contributed by atoms with van der Waals surface area (Å²) in [6.45, 7) is -0.277. The van der Waals surface area contributed by atoms with Crippen molar-refractivity contribution in [1.29, 1.82) is 0 Å². The van der Waals surface area contributed by atoms with Gasteiger partial charge in [-0.25, -0.2) is 4.39 Å². The van der Waals surface area contributed by atoms with Gasteiger partial charge in [-0.1, -0.05) is 0 Å². The zero-order valence-electron chi connectivity index (χ0n) is 5.10. The molecule has 9 heavy (non-hydrogen) atoms. The van der Waals surface area contributed by atoms with E-state index in [1.165, 1.54) is 0 Å². The zero-order chi connectivity index (χ0) is 6.69. The maximum absolute atomic E-state index is 11.6. The molecule has 0 spiro atoms. The first-order chi connectivity index (χ1) is 4.34. The molecule has 0 aliphatic carbocycles. The molecule has 1 rings (SSSR count). The predicted molar refractivity (Wildman–Crippen MR) is 30.0 cm³/mol. The van der Waals surface area contributed by atoms with Crippen molar-refractivity contribution in [2.24, 2.45) is 0 Å². The minimum Gasteiger partial charge on any atom is -0.370 e. The summed E-state index contributed by atoms with van der Waals surface area (Å²) >= 11 is 0. The van der Waals surface area contributed by atoms with Gasteiger partial charge in [0.05, 0.1) is 0 Å². The quantitative estimate of drug-likeness (QED) is 0.553. The molecule has 1 atom stereocenters. The fraction of sp³-hybridized carbons (Fsp3) is 0.833. The van der Waals surface area contributed by atoms with Gasteiger partial charge in [-0.3, -0.25) is 4.79 Å². The molecular weight excluding hydrogens is 123 g/mol. The van der Waals surface area contributed by atoms with Crippen molar-refractivity contribution in [2.45, 2.75) is 18.9 Å². The molecular formula is C6H9FO2. The highest BCUT2D eigenvalue weighted by Crippen LogP contribution is 2.12. The highest BCUT2D eigenvalue weighted by Gasteiger charge is 2.22. The minimum absolute atomic E-state index is 0.410. The summed E-state index contributed by atoms with van der Waals surface area (Å²) in [6, 6.07) is 0. The van der Waals surface area contributed by atoms with Gasteiger partial charge in [-0.15, -0.1) is 0 Å². The summed E-state index contributed by atoms with van der Waals surface area (Å²) in [5.74, 6) is -0.410. The van der Waals surface area contributed by atoms with E-state index in [1.807, 2.05) is 0 Å². The standard InChI is InChI=1S/C6H9FO2/c7-4-5(8)6-2-1-3-9-6/h6H,1-4H2/t6-/m0/s1. The largest absolute Gasteiger partial charge is 0.370 e. The molecule has 2 nitrogen and oxygen atoms in total. The lowest BCUT2D eigenvalue weighted by Crippen LogP contribution is -2.20. The van der Waals surface area contributed by atoms with Crippen LogP contribution in [0.2, 0.25) is 0 Å². The van der Waals surface area contributed by atoms with Crippen LogP contribution in [0.25, 0.3) is 0 Å². The number of carbonyl (C=O) groups excluding carboxylic acids is 1. The van der Waals surface area contributed by atoms with Gasteiger partial charge >= 0.3 is 0 Å². The molecule has 0 amide bonds. The Kier molecular flexibility index (Phi) is 2.16. The van der Waals surface area contributed by atoms with Crippen molar-refractivity contribution in [3.8, 4) is 0 Å². The number of carbonyl (C=O) groups is 1. The number of Topliss-reactive ketones (excluding diaryl/α,β-unsaturated/α-hetero) is 1. The third kappa shape index (κ3) is 1.48. The van der Waals surface area contributed by atoms with E-state index >= 15 is 0 Å². The Morgan fingerprint density at radius 2 is 2.56 bits per heavy atom. The number of alkyl halides is 1. The van der Waals surface area contributed by atoms with Gasteiger partial charge in [0, 0.05) is 6.61 Å². The lowest BCUT2D eigenvalue weighted by Gasteiger charge is -2.02. The van der Waals surface area contributed by atoms with Gasteiger partial charge in [0.15, 0.2) is 12.5 Å².